The van der Waals surface area contributed by atoms with E-state index in [-0.39, 0.29) is 6.10 Å². The van der Waals surface area contributed by atoms with E-state index < -0.39 is 0 Å². The van der Waals surface area contributed by atoms with Crippen LogP contribution in [0.1, 0.15) is 13.3 Å². The third-order valence-electron chi connectivity index (χ3n) is 2.72. The lowest BCUT2D eigenvalue weighted by molar-refractivity contribution is 0.131. The maximum atomic E-state index is 9.66. The number of piperidine rings is 1. The smallest absolute Gasteiger partial charge is 0.205 e. The molecule has 4 heteroatoms. The number of aromatic nitrogens is 2. The summed E-state index contributed by atoms with van der Waals surface area (Å²) in [6.07, 6.45) is 4.42. The number of β-amino-alcohol motifs (C(OH)–C–C–N with tert-alkyl or cyclic N) is 1. The normalized spacial score (nSPS) is 28.1. The first-order chi connectivity index (χ1) is 6.66. The van der Waals surface area contributed by atoms with Crippen molar-refractivity contribution in [3.8, 4) is 0 Å². The largest absolute Gasteiger partial charge is 0.391 e. The van der Waals surface area contributed by atoms with Crippen LogP contribution in [0.2, 0.25) is 0 Å². The first kappa shape index (κ1) is 9.52. The second-order valence-corrected chi connectivity index (χ2v) is 4.24. The first-order valence-corrected chi connectivity index (χ1v) is 5.07. The number of hydrogen-bond acceptors (Lipinski definition) is 3. The minimum absolute atomic E-state index is 0.213. The van der Waals surface area contributed by atoms with Gasteiger partial charge in [-0.25, -0.2) is 4.98 Å². The van der Waals surface area contributed by atoms with Gasteiger partial charge in [0.15, 0.2) is 0 Å². The van der Waals surface area contributed by atoms with Gasteiger partial charge in [0.1, 0.15) is 0 Å². The Labute approximate surface area is 84.2 Å². The molecule has 78 valence electrons. The fourth-order valence-corrected chi connectivity index (χ4v) is 2.14. The number of anilines is 1. The SMILES string of the molecule is C[C@@H]1C[C@H](O)CN(c2nccn2C)C1. The quantitative estimate of drug-likeness (QED) is 0.714. The molecule has 1 N–H and O–H groups in total. The molecule has 0 bridgehead atoms. The third kappa shape index (κ3) is 1.75. The minimum atomic E-state index is -0.213. The Morgan fingerprint density at radius 1 is 1.50 bits per heavy atom. The number of nitrogens with zero attached hydrogens (tertiary/aromatic N) is 3. The van der Waals surface area contributed by atoms with Crippen LogP contribution in [-0.4, -0.2) is 33.9 Å². The molecule has 14 heavy (non-hydrogen) atoms. The van der Waals surface area contributed by atoms with Crippen molar-refractivity contribution in [2.24, 2.45) is 13.0 Å². The summed E-state index contributed by atoms with van der Waals surface area (Å²) in [4.78, 5) is 6.44. The van der Waals surface area contributed by atoms with Gasteiger partial charge in [-0.3, -0.25) is 0 Å². The molecule has 1 aliphatic heterocycles. The summed E-state index contributed by atoms with van der Waals surface area (Å²) in [5.41, 5.74) is 0. The average Bonchev–Trinajstić information content (AvgIpc) is 2.49. The molecule has 1 aromatic rings. The van der Waals surface area contributed by atoms with E-state index in [0.717, 1.165) is 18.9 Å². The predicted octanol–water partition coefficient (Wildman–Crippen LogP) is 0.627. The van der Waals surface area contributed by atoms with Crippen molar-refractivity contribution < 1.29 is 5.11 Å². The molecule has 0 spiro atoms. The van der Waals surface area contributed by atoms with Crippen molar-refractivity contribution in [2.45, 2.75) is 19.4 Å². The standard InChI is InChI=1S/C10H17N3O/c1-8-5-9(14)7-13(6-8)10-11-3-4-12(10)2/h3-4,8-9,14H,5-7H2,1-2H3/t8-,9+/m1/s1. The second-order valence-electron chi connectivity index (χ2n) is 4.24. The molecule has 0 saturated carbocycles. The summed E-state index contributed by atoms with van der Waals surface area (Å²) >= 11 is 0. The van der Waals surface area contributed by atoms with Crippen molar-refractivity contribution in [2.75, 3.05) is 18.0 Å². The van der Waals surface area contributed by atoms with Crippen molar-refractivity contribution in [3.63, 3.8) is 0 Å². The average molecular weight is 195 g/mol. The van der Waals surface area contributed by atoms with Gasteiger partial charge in [-0.1, -0.05) is 6.92 Å². The Bertz CT molecular complexity index is 300. The molecule has 0 aromatic carbocycles. The highest BCUT2D eigenvalue weighted by Crippen LogP contribution is 2.20. The van der Waals surface area contributed by atoms with Crippen LogP contribution in [0.3, 0.4) is 0 Å². The number of imidazole rings is 1. The van der Waals surface area contributed by atoms with Gasteiger partial charge in [0.2, 0.25) is 5.95 Å². The van der Waals surface area contributed by atoms with Gasteiger partial charge in [0, 0.05) is 32.5 Å². The molecule has 0 radical (unpaired) electrons. The van der Waals surface area contributed by atoms with Crippen LogP contribution in [0.25, 0.3) is 0 Å². The highest BCUT2D eigenvalue weighted by molar-refractivity contribution is 5.32. The van der Waals surface area contributed by atoms with Crippen LogP contribution in [-0.2, 0) is 7.05 Å². The highest BCUT2D eigenvalue weighted by atomic mass is 16.3. The zero-order valence-corrected chi connectivity index (χ0v) is 8.72. The number of aliphatic hydroxyl groups is 1. The maximum Gasteiger partial charge on any atom is 0.205 e. The summed E-state index contributed by atoms with van der Waals surface area (Å²) in [5.74, 6) is 1.49. The van der Waals surface area contributed by atoms with Gasteiger partial charge in [0.25, 0.3) is 0 Å². The van der Waals surface area contributed by atoms with Gasteiger partial charge in [0.05, 0.1) is 6.10 Å². The van der Waals surface area contributed by atoms with Gasteiger partial charge in [-0.15, -0.1) is 0 Å². The molecule has 4 nitrogen and oxygen atoms in total. The lowest BCUT2D eigenvalue weighted by Crippen LogP contribution is -2.43. The molecule has 1 fully saturated rings. The van der Waals surface area contributed by atoms with E-state index in [2.05, 4.69) is 16.8 Å². The Hall–Kier alpha value is -1.03. The number of aliphatic hydroxyl groups excluding tert-OH is 1. The van der Waals surface area contributed by atoms with Crippen LogP contribution in [0.4, 0.5) is 5.95 Å². The molecule has 2 atom stereocenters. The monoisotopic (exact) mass is 195 g/mol. The zero-order chi connectivity index (χ0) is 10.1. The topological polar surface area (TPSA) is 41.3 Å². The van der Waals surface area contributed by atoms with Crippen molar-refractivity contribution >= 4 is 5.95 Å². The molecule has 2 rings (SSSR count). The molecule has 0 unspecified atom stereocenters. The minimum Gasteiger partial charge on any atom is -0.391 e. The van der Waals surface area contributed by atoms with Crippen LogP contribution in [0, 0.1) is 5.92 Å². The summed E-state index contributed by atoms with van der Waals surface area (Å²) in [7, 11) is 1.98. The van der Waals surface area contributed by atoms with Crippen LogP contribution in [0.15, 0.2) is 12.4 Å². The summed E-state index contributed by atoms with van der Waals surface area (Å²) in [6, 6.07) is 0. The van der Waals surface area contributed by atoms with E-state index in [9.17, 15) is 5.11 Å². The van der Waals surface area contributed by atoms with Gasteiger partial charge < -0.3 is 14.6 Å². The summed E-state index contributed by atoms with van der Waals surface area (Å²) in [6.45, 7) is 3.86. The Morgan fingerprint density at radius 2 is 2.29 bits per heavy atom. The van der Waals surface area contributed by atoms with E-state index >= 15 is 0 Å². The lowest BCUT2D eigenvalue weighted by Gasteiger charge is -2.34. The van der Waals surface area contributed by atoms with E-state index in [1.54, 1.807) is 6.20 Å². The molecule has 2 heterocycles. The van der Waals surface area contributed by atoms with E-state index in [1.807, 2.05) is 17.8 Å². The maximum absolute atomic E-state index is 9.66. The van der Waals surface area contributed by atoms with E-state index in [1.165, 1.54) is 0 Å². The van der Waals surface area contributed by atoms with Crippen LogP contribution < -0.4 is 4.90 Å². The number of hydrogen-bond donors (Lipinski definition) is 1. The first-order valence-electron chi connectivity index (χ1n) is 5.07. The third-order valence-corrected chi connectivity index (χ3v) is 2.72. The highest BCUT2D eigenvalue weighted by Gasteiger charge is 2.24. The molecular weight excluding hydrogens is 178 g/mol. The van der Waals surface area contributed by atoms with Gasteiger partial charge >= 0.3 is 0 Å². The van der Waals surface area contributed by atoms with E-state index in [0.29, 0.717) is 12.5 Å². The van der Waals surface area contributed by atoms with Gasteiger partial charge in [-0.05, 0) is 12.3 Å². The van der Waals surface area contributed by atoms with E-state index in [4.69, 9.17) is 0 Å². The van der Waals surface area contributed by atoms with Crippen molar-refractivity contribution in [1.82, 2.24) is 9.55 Å². The molecule has 1 aliphatic rings. The van der Waals surface area contributed by atoms with Gasteiger partial charge in [-0.2, -0.15) is 0 Å². The second kappa shape index (κ2) is 3.61. The zero-order valence-electron chi connectivity index (χ0n) is 8.72. The number of aryl methyl sites for hydroxylation is 1. The molecule has 1 saturated heterocycles. The van der Waals surface area contributed by atoms with Crippen molar-refractivity contribution in [1.29, 1.82) is 0 Å². The van der Waals surface area contributed by atoms with Crippen LogP contribution in [0.5, 0.6) is 0 Å². The summed E-state index contributed by atoms with van der Waals surface area (Å²) in [5, 5.41) is 9.66. The van der Waals surface area contributed by atoms with Crippen molar-refractivity contribution in [3.05, 3.63) is 12.4 Å². The van der Waals surface area contributed by atoms with Crippen LogP contribution >= 0.6 is 0 Å². The molecule has 0 aliphatic carbocycles. The molecular formula is C10H17N3O. The lowest BCUT2D eigenvalue weighted by atomic mass is 9.98. The number of rotatable bonds is 1. The Morgan fingerprint density at radius 3 is 2.86 bits per heavy atom. The molecule has 0 amide bonds. The fourth-order valence-electron chi connectivity index (χ4n) is 2.14. The Balaban J connectivity index is 2.15. The molecule has 1 aromatic heterocycles. The predicted molar refractivity (Wildman–Crippen MR) is 55.2 cm³/mol. The fraction of sp³-hybridized carbons (Fsp3) is 0.700. The summed E-state index contributed by atoms with van der Waals surface area (Å²) < 4.78 is 1.99. The Kier molecular flexibility index (Phi) is 2.46.